The Morgan fingerprint density at radius 1 is 0.900 bits per heavy atom. The summed E-state index contributed by atoms with van der Waals surface area (Å²) in [5.74, 6) is 0.472. The number of aryl methyl sites for hydroxylation is 2. The molecule has 40 heavy (non-hydrogen) atoms. The first kappa shape index (κ1) is 27.7. The number of benzene rings is 4. The summed E-state index contributed by atoms with van der Waals surface area (Å²) in [6, 6.07) is 26.8. The number of ketones is 2. The van der Waals surface area contributed by atoms with Gasteiger partial charge in [-0.05, 0) is 80.1 Å². The van der Waals surface area contributed by atoms with Crippen molar-refractivity contribution in [2.75, 3.05) is 12.9 Å². The monoisotopic (exact) mass is 568 g/mol. The molecule has 0 aliphatic carbocycles. The molecule has 0 saturated heterocycles. The molecule has 0 aliphatic heterocycles. The fourth-order valence-electron chi connectivity index (χ4n) is 4.98. The number of oxime groups is 1. The minimum absolute atomic E-state index is 0.0164. The molecule has 0 N–H and O–H groups in total. The van der Waals surface area contributed by atoms with Gasteiger partial charge in [0.25, 0.3) is 0 Å². The second kappa shape index (κ2) is 12.1. The fraction of sp³-hybridized carbons (Fsp3) is 0.182. The van der Waals surface area contributed by atoms with Gasteiger partial charge in [-0.3, -0.25) is 9.59 Å². The van der Waals surface area contributed by atoms with E-state index in [4.69, 9.17) is 16.4 Å². The molecule has 0 aliphatic rings. The number of halogens is 1. The number of rotatable bonds is 10. The first-order chi connectivity index (χ1) is 19.4. The summed E-state index contributed by atoms with van der Waals surface area (Å²) in [6.45, 7) is 4.79. The Labute approximate surface area is 242 Å². The number of Topliss-reactive ketones (excluding diaryl/α,β-unsaturated/α-hetero) is 1. The highest BCUT2D eigenvalue weighted by Gasteiger charge is 2.19. The van der Waals surface area contributed by atoms with Gasteiger partial charge in [-0.1, -0.05) is 41.0 Å². The lowest BCUT2D eigenvalue weighted by atomic mass is 9.97. The first-order valence-corrected chi connectivity index (χ1v) is 14.5. The van der Waals surface area contributed by atoms with E-state index in [1.54, 1.807) is 11.8 Å². The average molecular weight is 569 g/mol. The molecule has 0 unspecified atom stereocenters. The number of hydrogen-bond donors (Lipinski definition) is 0. The highest BCUT2D eigenvalue weighted by atomic mass is 35.5. The van der Waals surface area contributed by atoms with Gasteiger partial charge >= 0.3 is 0 Å². The van der Waals surface area contributed by atoms with E-state index >= 15 is 0 Å². The molecule has 1 heterocycles. The van der Waals surface area contributed by atoms with Crippen LogP contribution in [0.2, 0.25) is 5.02 Å². The minimum Gasteiger partial charge on any atom is -0.399 e. The Morgan fingerprint density at radius 2 is 1.55 bits per heavy atom. The van der Waals surface area contributed by atoms with Gasteiger partial charge in [-0.15, -0.1) is 11.8 Å². The van der Waals surface area contributed by atoms with E-state index < -0.39 is 0 Å². The third kappa shape index (κ3) is 5.55. The van der Waals surface area contributed by atoms with Crippen LogP contribution in [0.3, 0.4) is 0 Å². The van der Waals surface area contributed by atoms with E-state index in [0.717, 1.165) is 38.8 Å². The smallest absolute Gasteiger partial charge is 0.210 e. The number of carbonyl (C=O) groups is 2. The quantitative estimate of drug-likeness (QED) is 0.0734. The van der Waals surface area contributed by atoms with Gasteiger partial charge in [-0.25, -0.2) is 0 Å². The average Bonchev–Trinajstić information content (AvgIpc) is 3.29. The zero-order chi connectivity index (χ0) is 28.2. The van der Waals surface area contributed by atoms with Crippen LogP contribution in [-0.4, -0.2) is 34.7 Å². The minimum atomic E-state index is -0.176. The number of carbonyl (C=O) groups excluding carboxylic acids is 2. The number of fused-ring (bicyclic) bond motifs is 3. The van der Waals surface area contributed by atoms with Gasteiger partial charge in [0.15, 0.2) is 5.78 Å². The Balaban J connectivity index is 1.48. The van der Waals surface area contributed by atoms with E-state index in [1.807, 2.05) is 91.9 Å². The number of hydrogen-bond acceptors (Lipinski definition) is 5. The molecular weight excluding hydrogens is 540 g/mol. The Hall–Kier alpha value is -3.87. The van der Waals surface area contributed by atoms with E-state index in [0.29, 0.717) is 39.6 Å². The number of aromatic nitrogens is 1. The maximum Gasteiger partial charge on any atom is 0.210 e. The van der Waals surface area contributed by atoms with Gasteiger partial charge in [0.1, 0.15) is 12.8 Å². The molecule has 1 aromatic heterocycles. The molecule has 0 fully saturated rings. The van der Waals surface area contributed by atoms with Crippen LogP contribution in [0.4, 0.5) is 0 Å². The van der Waals surface area contributed by atoms with Crippen molar-refractivity contribution in [3.8, 4) is 0 Å². The summed E-state index contributed by atoms with van der Waals surface area (Å²) < 4.78 is 2.20. The van der Waals surface area contributed by atoms with Crippen LogP contribution in [0.15, 0.2) is 95.0 Å². The molecule has 0 spiro atoms. The van der Waals surface area contributed by atoms with Crippen LogP contribution in [0, 0.1) is 6.92 Å². The molecule has 4 aromatic carbocycles. The van der Waals surface area contributed by atoms with E-state index in [9.17, 15) is 9.59 Å². The molecule has 7 heteroatoms. The molecule has 0 saturated carbocycles. The summed E-state index contributed by atoms with van der Waals surface area (Å²) in [5, 5.41) is 6.62. The second-order valence-electron chi connectivity index (χ2n) is 9.45. The highest BCUT2D eigenvalue weighted by Crippen LogP contribution is 2.32. The molecule has 5 rings (SSSR count). The maximum absolute atomic E-state index is 13.6. The van der Waals surface area contributed by atoms with Crippen molar-refractivity contribution in [1.29, 1.82) is 0 Å². The Morgan fingerprint density at radius 3 is 2.20 bits per heavy atom. The van der Waals surface area contributed by atoms with Crippen LogP contribution in [0.1, 0.15) is 45.2 Å². The first-order valence-electron chi connectivity index (χ1n) is 13.1. The fourth-order valence-corrected chi connectivity index (χ4v) is 5.97. The second-order valence-corrected chi connectivity index (χ2v) is 11.1. The van der Waals surface area contributed by atoms with Crippen LogP contribution in [0.25, 0.3) is 21.8 Å². The topological polar surface area (TPSA) is 60.7 Å². The largest absolute Gasteiger partial charge is 0.399 e. The predicted molar refractivity (Wildman–Crippen MR) is 165 cm³/mol. The van der Waals surface area contributed by atoms with Crippen LogP contribution >= 0.6 is 23.4 Å². The summed E-state index contributed by atoms with van der Waals surface area (Å²) in [7, 11) is 1.45. The lowest BCUT2D eigenvalue weighted by Crippen LogP contribution is -2.16. The molecule has 5 nitrogen and oxygen atoms in total. The maximum atomic E-state index is 13.6. The van der Waals surface area contributed by atoms with Crippen molar-refractivity contribution in [3.05, 3.63) is 112 Å². The summed E-state index contributed by atoms with van der Waals surface area (Å²) in [5.41, 5.74) is 5.18. The zero-order valence-electron chi connectivity index (χ0n) is 22.6. The van der Waals surface area contributed by atoms with Crippen LogP contribution in [0.5, 0.6) is 0 Å². The molecular formula is C33H29ClN2O3S. The Bertz CT molecular complexity index is 1760. The van der Waals surface area contributed by atoms with Gasteiger partial charge < -0.3 is 9.40 Å². The molecule has 0 amide bonds. The highest BCUT2D eigenvalue weighted by molar-refractivity contribution is 7.99. The SMILES string of the molecule is CCn1c2ccc(C(=O)/C(CCSc3ccc(Cl)cc3)=N/OC)cc2c2cc(C(=O)c3ccccc3C)ccc21. The van der Waals surface area contributed by atoms with Crippen molar-refractivity contribution in [1.82, 2.24) is 4.57 Å². The lowest BCUT2D eigenvalue weighted by molar-refractivity contribution is 0.103. The van der Waals surface area contributed by atoms with Gasteiger partial charge in [0.05, 0.1) is 0 Å². The van der Waals surface area contributed by atoms with Crippen molar-refractivity contribution < 1.29 is 14.4 Å². The molecule has 0 radical (unpaired) electrons. The standard InChI is InChI=1S/C33H29ClN2O3S/c1-4-36-30-15-9-22(32(37)26-8-6-5-7-21(26)2)19-27(30)28-20-23(10-16-31(28)36)33(38)29(35-39-3)17-18-40-25-13-11-24(34)12-14-25/h5-16,19-20H,4,17-18H2,1-3H3/b35-29+. The van der Waals surface area contributed by atoms with Crippen molar-refractivity contribution in [3.63, 3.8) is 0 Å². The Kier molecular flexibility index (Phi) is 8.38. The normalized spacial score (nSPS) is 11.8. The molecule has 0 bridgehead atoms. The van der Waals surface area contributed by atoms with E-state index in [-0.39, 0.29) is 11.6 Å². The summed E-state index contributed by atoms with van der Waals surface area (Å²) in [4.78, 5) is 33.1. The van der Waals surface area contributed by atoms with E-state index in [1.165, 1.54) is 7.11 Å². The third-order valence-electron chi connectivity index (χ3n) is 6.98. The van der Waals surface area contributed by atoms with Crippen molar-refractivity contribution in [2.45, 2.75) is 31.7 Å². The van der Waals surface area contributed by atoms with E-state index in [2.05, 4.69) is 16.6 Å². The molecule has 202 valence electrons. The van der Waals surface area contributed by atoms with Gasteiger partial charge in [0, 0.05) is 67.1 Å². The third-order valence-corrected chi connectivity index (χ3v) is 8.25. The number of nitrogens with zero attached hydrogens (tertiary/aromatic N) is 2. The zero-order valence-corrected chi connectivity index (χ0v) is 24.2. The summed E-state index contributed by atoms with van der Waals surface area (Å²) in [6.07, 6.45) is 0.448. The predicted octanol–water partition coefficient (Wildman–Crippen LogP) is 8.37. The molecule has 5 aromatic rings. The van der Waals surface area contributed by atoms with Gasteiger partial charge in [0.2, 0.25) is 5.78 Å². The van der Waals surface area contributed by atoms with Crippen molar-refractivity contribution in [2.24, 2.45) is 5.16 Å². The van der Waals surface area contributed by atoms with Crippen LogP contribution < -0.4 is 0 Å². The molecule has 0 atom stereocenters. The van der Waals surface area contributed by atoms with Crippen LogP contribution in [-0.2, 0) is 11.4 Å². The lowest BCUT2D eigenvalue weighted by Gasteiger charge is -2.07. The van der Waals surface area contributed by atoms with Crippen molar-refractivity contribution >= 4 is 62.4 Å². The summed E-state index contributed by atoms with van der Waals surface area (Å²) >= 11 is 7.61. The van der Waals surface area contributed by atoms with Gasteiger partial charge in [-0.2, -0.15) is 0 Å². The number of thioether (sulfide) groups is 1.